The highest BCUT2D eigenvalue weighted by atomic mass is 16.2. The molecule has 138 valence electrons. The van der Waals surface area contributed by atoms with Gasteiger partial charge in [0.1, 0.15) is 12.6 Å². The molecule has 2 heterocycles. The first-order chi connectivity index (χ1) is 13.0. The minimum absolute atomic E-state index is 0.276. The first kappa shape index (κ1) is 18.2. The van der Waals surface area contributed by atoms with E-state index in [0.29, 0.717) is 0 Å². The van der Waals surface area contributed by atoms with Crippen molar-refractivity contribution >= 4 is 23.6 Å². The third-order valence-corrected chi connectivity index (χ3v) is 4.14. The van der Waals surface area contributed by atoms with Crippen molar-refractivity contribution in [2.24, 2.45) is 0 Å². The van der Waals surface area contributed by atoms with Gasteiger partial charge in [0.25, 0.3) is 11.8 Å². The summed E-state index contributed by atoms with van der Waals surface area (Å²) in [5.74, 6) is -2.00. The highest BCUT2D eigenvalue weighted by molar-refractivity contribution is 6.22. The van der Waals surface area contributed by atoms with Gasteiger partial charge in [0.05, 0.1) is 11.1 Å². The number of nitrogens with one attached hydrogen (secondary N) is 2. The van der Waals surface area contributed by atoms with Crippen molar-refractivity contribution in [3.05, 3.63) is 65.5 Å². The Balaban J connectivity index is 1.52. The number of imide groups is 1. The highest BCUT2D eigenvalue weighted by Crippen LogP contribution is 2.21. The van der Waals surface area contributed by atoms with Gasteiger partial charge in [0, 0.05) is 18.9 Å². The second-order valence-electron chi connectivity index (χ2n) is 6.11. The van der Waals surface area contributed by atoms with Crippen LogP contribution >= 0.6 is 0 Å². The lowest BCUT2D eigenvalue weighted by atomic mass is 10.1. The van der Waals surface area contributed by atoms with E-state index < -0.39 is 30.3 Å². The minimum atomic E-state index is -0.815. The second-order valence-corrected chi connectivity index (χ2v) is 6.11. The van der Waals surface area contributed by atoms with E-state index in [1.54, 1.807) is 42.7 Å². The van der Waals surface area contributed by atoms with Crippen LogP contribution in [-0.2, 0) is 16.1 Å². The number of nitrogens with zero attached hydrogens (tertiary/aromatic N) is 2. The molecular weight excluding hydrogens is 348 g/mol. The zero-order valence-corrected chi connectivity index (χ0v) is 14.6. The van der Waals surface area contributed by atoms with Crippen molar-refractivity contribution in [1.29, 1.82) is 0 Å². The highest BCUT2D eigenvalue weighted by Gasteiger charge is 2.36. The summed E-state index contributed by atoms with van der Waals surface area (Å²) < 4.78 is 0. The smallest absolute Gasteiger partial charge is 0.262 e. The molecule has 0 spiro atoms. The van der Waals surface area contributed by atoms with Gasteiger partial charge in [-0.1, -0.05) is 18.2 Å². The van der Waals surface area contributed by atoms with E-state index >= 15 is 0 Å². The molecule has 27 heavy (non-hydrogen) atoms. The second kappa shape index (κ2) is 7.77. The average molecular weight is 366 g/mol. The van der Waals surface area contributed by atoms with Gasteiger partial charge in [0.15, 0.2) is 0 Å². The van der Waals surface area contributed by atoms with Crippen LogP contribution in [0.2, 0.25) is 0 Å². The predicted octanol–water partition coefficient (Wildman–Crippen LogP) is 0.499. The molecule has 0 radical (unpaired) electrons. The van der Waals surface area contributed by atoms with Gasteiger partial charge in [-0.2, -0.15) is 0 Å². The normalized spacial score (nSPS) is 13.9. The summed E-state index contributed by atoms with van der Waals surface area (Å²) in [4.78, 5) is 53.6. The van der Waals surface area contributed by atoms with Crippen molar-refractivity contribution in [2.45, 2.75) is 19.5 Å². The van der Waals surface area contributed by atoms with Crippen LogP contribution in [0.3, 0.4) is 0 Å². The number of rotatable bonds is 6. The first-order valence-corrected chi connectivity index (χ1v) is 8.38. The maximum absolute atomic E-state index is 12.3. The van der Waals surface area contributed by atoms with Gasteiger partial charge < -0.3 is 10.6 Å². The lowest BCUT2D eigenvalue weighted by Gasteiger charge is -2.17. The van der Waals surface area contributed by atoms with E-state index in [0.717, 1.165) is 10.5 Å². The molecule has 2 aromatic rings. The number of benzene rings is 1. The van der Waals surface area contributed by atoms with Gasteiger partial charge in [0.2, 0.25) is 11.8 Å². The summed E-state index contributed by atoms with van der Waals surface area (Å²) in [6.07, 6.45) is 3.26. The third-order valence-electron chi connectivity index (χ3n) is 4.14. The number of carbonyl (C=O) groups is 4. The zero-order valence-electron chi connectivity index (χ0n) is 14.6. The van der Waals surface area contributed by atoms with E-state index in [1.807, 2.05) is 6.07 Å². The molecule has 1 aromatic heterocycles. The molecule has 2 N–H and O–H groups in total. The fourth-order valence-electron chi connectivity index (χ4n) is 2.72. The summed E-state index contributed by atoms with van der Waals surface area (Å²) in [5, 5.41) is 5.19. The number of fused-ring (bicyclic) bond motifs is 1. The van der Waals surface area contributed by atoms with E-state index in [-0.39, 0.29) is 23.6 Å². The number of amides is 4. The standard InChI is InChI=1S/C19H18N4O4/c1-12(17(25)21-10-13-5-4-8-20-9-13)22-16(24)11-23-18(26)14-6-2-3-7-15(14)19(23)27/h2-9,12H,10-11H2,1H3,(H,21,25)(H,22,24)/t12-/m1/s1. The molecule has 8 nitrogen and oxygen atoms in total. The Morgan fingerprint density at radius 3 is 2.33 bits per heavy atom. The fraction of sp³-hybridized carbons (Fsp3) is 0.211. The Bertz CT molecular complexity index is 863. The van der Waals surface area contributed by atoms with Crippen molar-refractivity contribution < 1.29 is 19.2 Å². The Morgan fingerprint density at radius 1 is 1.07 bits per heavy atom. The molecule has 3 rings (SSSR count). The van der Waals surface area contributed by atoms with Crippen LogP contribution in [0.5, 0.6) is 0 Å². The largest absolute Gasteiger partial charge is 0.350 e. The molecule has 1 aliphatic heterocycles. The Kier molecular flexibility index (Phi) is 5.25. The maximum atomic E-state index is 12.3. The summed E-state index contributed by atoms with van der Waals surface area (Å²) in [5.41, 5.74) is 1.38. The summed E-state index contributed by atoms with van der Waals surface area (Å²) >= 11 is 0. The van der Waals surface area contributed by atoms with Crippen LogP contribution in [-0.4, -0.2) is 46.1 Å². The molecule has 8 heteroatoms. The SMILES string of the molecule is C[C@@H](NC(=O)CN1C(=O)c2ccccc2C1=O)C(=O)NCc1cccnc1. The van der Waals surface area contributed by atoms with E-state index in [1.165, 1.54) is 6.92 Å². The lowest BCUT2D eigenvalue weighted by molar-refractivity contribution is -0.128. The topological polar surface area (TPSA) is 108 Å². The molecule has 0 saturated carbocycles. The van der Waals surface area contributed by atoms with Crippen LogP contribution in [0.25, 0.3) is 0 Å². The predicted molar refractivity (Wildman–Crippen MR) is 95.5 cm³/mol. The fourth-order valence-corrected chi connectivity index (χ4v) is 2.72. The lowest BCUT2D eigenvalue weighted by Crippen LogP contribution is -2.48. The molecule has 0 aliphatic carbocycles. The van der Waals surface area contributed by atoms with Gasteiger partial charge in [-0.05, 0) is 30.7 Å². The molecule has 0 saturated heterocycles. The summed E-state index contributed by atoms with van der Waals surface area (Å²) in [6.45, 7) is 1.37. The van der Waals surface area contributed by atoms with Crippen LogP contribution < -0.4 is 10.6 Å². The number of hydrogen-bond acceptors (Lipinski definition) is 5. The van der Waals surface area contributed by atoms with Crippen LogP contribution in [0.4, 0.5) is 0 Å². The minimum Gasteiger partial charge on any atom is -0.350 e. The number of carbonyl (C=O) groups excluding carboxylic acids is 4. The molecule has 0 unspecified atom stereocenters. The monoisotopic (exact) mass is 366 g/mol. The average Bonchev–Trinajstić information content (AvgIpc) is 2.92. The Morgan fingerprint density at radius 2 is 1.74 bits per heavy atom. The molecule has 1 aromatic carbocycles. The molecule has 0 bridgehead atoms. The van der Waals surface area contributed by atoms with Gasteiger partial charge in [-0.15, -0.1) is 0 Å². The van der Waals surface area contributed by atoms with Crippen LogP contribution in [0, 0.1) is 0 Å². The summed E-state index contributed by atoms with van der Waals surface area (Å²) in [7, 11) is 0. The molecule has 4 amide bonds. The van der Waals surface area contributed by atoms with Crippen LogP contribution in [0.15, 0.2) is 48.8 Å². The van der Waals surface area contributed by atoms with E-state index in [4.69, 9.17) is 0 Å². The van der Waals surface area contributed by atoms with E-state index in [2.05, 4.69) is 15.6 Å². The van der Waals surface area contributed by atoms with Crippen molar-refractivity contribution in [3.63, 3.8) is 0 Å². The van der Waals surface area contributed by atoms with Crippen LogP contribution in [0.1, 0.15) is 33.2 Å². The van der Waals surface area contributed by atoms with Crippen molar-refractivity contribution in [1.82, 2.24) is 20.5 Å². The van der Waals surface area contributed by atoms with Gasteiger partial charge in [-0.25, -0.2) is 0 Å². The molecule has 0 fully saturated rings. The maximum Gasteiger partial charge on any atom is 0.262 e. The Hall–Kier alpha value is -3.55. The number of aromatic nitrogens is 1. The van der Waals surface area contributed by atoms with Gasteiger partial charge in [-0.3, -0.25) is 29.1 Å². The van der Waals surface area contributed by atoms with E-state index in [9.17, 15) is 19.2 Å². The first-order valence-electron chi connectivity index (χ1n) is 8.38. The molecule has 1 atom stereocenters. The number of pyridine rings is 1. The van der Waals surface area contributed by atoms with Crippen molar-refractivity contribution in [2.75, 3.05) is 6.54 Å². The quantitative estimate of drug-likeness (QED) is 0.724. The molecule has 1 aliphatic rings. The number of hydrogen-bond donors (Lipinski definition) is 2. The van der Waals surface area contributed by atoms with Gasteiger partial charge >= 0.3 is 0 Å². The Labute approximate surface area is 155 Å². The third kappa shape index (κ3) is 4.00. The van der Waals surface area contributed by atoms with Crippen molar-refractivity contribution in [3.8, 4) is 0 Å². The zero-order chi connectivity index (χ0) is 19.4. The molecular formula is C19H18N4O4. The summed E-state index contributed by atoms with van der Waals surface area (Å²) in [6, 6.07) is 9.16.